The lowest BCUT2D eigenvalue weighted by molar-refractivity contribution is -0.576. The van der Waals surface area contributed by atoms with Crippen molar-refractivity contribution in [3.8, 4) is 0 Å². The summed E-state index contributed by atoms with van der Waals surface area (Å²) in [7, 11) is 0. The zero-order valence-corrected chi connectivity index (χ0v) is 4.88. The summed E-state index contributed by atoms with van der Waals surface area (Å²) >= 11 is 0. The number of nitrogens with zero attached hydrogens (tertiary/aromatic N) is 2. The molecule has 0 aromatic rings. The van der Waals surface area contributed by atoms with E-state index >= 15 is 0 Å². The highest BCUT2D eigenvalue weighted by atomic mass is 15.3. The fourth-order valence-corrected chi connectivity index (χ4v) is 1.89. The molecule has 0 aromatic heterocycles. The SMILES string of the molecule is [N-]=[N+]1C2CCC1CC2. The van der Waals surface area contributed by atoms with E-state index < -0.39 is 0 Å². The van der Waals surface area contributed by atoms with E-state index in [1.54, 1.807) is 4.70 Å². The van der Waals surface area contributed by atoms with Crippen LogP contribution >= 0.6 is 0 Å². The number of hydrogen-bond donors (Lipinski definition) is 0. The predicted molar refractivity (Wildman–Crippen MR) is 29.7 cm³/mol. The minimum Gasteiger partial charge on any atom is -0.506 e. The van der Waals surface area contributed by atoms with Crippen molar-refractivity contribution < 1.29 is 4.70 Å². The molecule has 2 rings (SSSR count). The van der Waals surface area contributed by atoms with E-state index in [0.717, 1.165) is 0 Å². The maximum Gasteiger partial charge on any atom is 0.141 e. The third-order valence-electron chi connectivity index (χ3n) is 2.41. The Bertz CT molecular complexity index is 108. The Labute approximate surface area is 49.0 Å². The topological polar surface area (TPSA) is 25.3 Å². The minimum absolute atomic E-state index is 0.528. The smallest absolute Gasteiger partial charge is 0.141 e. The molecule has 0 N–H and O–H groups in total. The normalized spacial score (nSPS) is 43.8. The van der Waals surface area contributed by atoms with Gasteiger partial charge in [-0.25, -0.2) is 0 Å². The van der Waals surface area contributed by atoms with E-state index in [1.807, 2.05) is 0 Å². The first kappa shape index (κ1) is 4.48. The highest BCUT2D eigenvalue weighted by Crippen LogP contribution is 2.33. The average molecular weight is 110 g/mol. The maximum absolute atomic E-state index is 9.16. The van der Waals surface area contributed by atoms with Gasteiger partial charge in [0, 0.05) is 25.7 Å². The van der Waals surface area contributed by atoms with Crippen molar-refractivity contribution in [1.82, 2.24) is 0 Å². The molecule has 2 nitrogen and oxygen atoms in total. The molecule has 0 aliphatic carbocycles. The molecule has 0 radical (unpaired) electrons. The first-order valence-electron chi connectivity index (χ1n) is 3.35. The van der Waals surface area contributed by atoms with Crippen molar-refractivity contribution in [3.63, 3.8) is 0 Å². The summed E-state index contributed by atoms with van der Waals surface area (Å²) in [6.07, 6.45) is 4.89. The minimum atomic E-state index is 0.528. The van der Waals surface area contributed by atoms with Gasteiger partial charge in [-0.2, -0.15) is 0 Å². The standard InChI is InChI=1S/C6H10N2/c7-8-5-1-2-6(8)4-3-5/h5-6H,1-4H2. The van der Waals surface area contributed by atoms with E-state index in [1.165, 1.54) is 25.7 Å². The Morgan fingerprint density at radius 3 is 1.50 bits per heavy atom. The fraction of sp³-hybridized carbons (Fsp3) is 1.00. The molecule has 44 valence electrons. The van der Waals surface area contributed by atoms with E-state index in [2.05, 4.69) is 0 Å². The van der Waals surface area contributed by atoms with Crippen LogP contribution in [0.15, 0.2) is 0 Å². The van der Waals surface area contributed by atoms with Crippen molar-refractivity contribution in [2.75, 3.05) is 0 Å². The molecule has 2 aliphatic rings. The van der Waals surface area contributed by atoms with E-state index in [-0.39, 0.29) is 0 Å². The van der Waals surface area contributed by atoms with Gasteiger partial charge in [-0.1, -0.05) is 0 Å². The van der Waals surface area contributed by atoms with Crippen LogP contribution in [0.5, 0.6) is 0 Å². The van der Waals surface area contributed by atoms with Crippen LogP contribution in [0.2, 0.25) is 0 Å². The lowest BCUT2D eigenvalue weighted by Crippen LogP contribution is -2.10. The van der Waals surface area contributed by atoms with Gasteiger partial charge in [0.05, 0.1) is 0 Å². The van der Waals surface area contributed by atoms with Crippen LogP contribution < -0.4 is 0 Å². The highest BCUT2D eigenvalue weighted by molar-refractivity contribution is 4.78. The molecule has 0 saturated carbocycles. The predicted octanol–water partition coefficient (Wildman–Crippen LogP) is 1.35. The Kier molecular flexibility index (Phi) is 0.729. The molecule has 2 fully saturated rings. The van der Waals surface area contributed by atoms with E-state index in [9.17, 15) is 0 Å². The van der Waals surface area contributed by atoms with E-state index in [4.69, 9.17) is 5.53 Å². The third kappa shape index (κ3) is 0.383. The lowest BCUT2D eigenvalue weighted by atomic mass is 10.0. The van der Waals surface area contributed by atoms with Crippen LogP contribution in [-0.2, 0) is 0 Å². The number of hydrogen-bond acceptors (Lipinski definition) is 0. The zero-order valence-electron chi connectivity index (χ0n) is 4.88. The molecule has 0 aromatic carbocycles. The molecular weight excluding hydrogens is 100 g/mol. The first-order chi connectivity index (χ1) is 3.88. The number of rotatable bonds is 0. The van der Waals surface area contributed by atoms with Gasteiger partial charge in [0.2, 0.25) is 0 Å². The van der Waals surface area contributed by atoms with Gasteiger partial charge < -0.3 is 10.2 Å². The molecule has 0 atom stereocenters. The lowest BCUT2D eigenvalue weighted by Gasteiger charge is -2.00. The molecule has 2 bridgehead atoms. The molecule has 0 spiro atoms. The van der Waals surface area contributed by atoms with Crippen LogP contribution in [0.25, 0.3) is 5.53 Å². The van der Waals surface area contributed by atoms with Gasteiger partial charge >= 0.3 is 0 Å². The van der Waals surface area contributed by atoms with Crippen molar-refractivity contribution >= 4 is 0 Å². The summed E-state index contributed by atoms with van der Waals surface area (Å²) < 4.78 is 1.56. The van der Waals surface area contributed by atoms with Crippen LogP contribution in [-0.4, -0.2) is 16.8 Å². The molecule has 2 heterocycles. The summed E-state index contributed by atoms with van der Waals surface area (Å²) in [5, 5.41) is 0. The summed E-state index contributed by atoms with van der Waals surface area (Å²) in [6, 6.07) is 1.06. The Balaban J connectivity index is 2.28. The molecule has 0 unspecified atom stereocenters. The summed E-state index contributed by atoms with van der Waals surface area (Å²) in [6.45, 7) is 0. The van der Waals surface area contributed by atoms with Crippen molar-refractivity contribution in [2.45, 2.75) is 37.8 Å². The van der Waals surface area contributed by atoms with Crippen molar-refractivity contribution in [3.05, 3.63) is 5.53 Å². The van der Waals surface area contributed by atoms with Gasteiger partial charge in [-0.15, -0.1) is 0 Å². The van der Waals surface area contributed by atoms with Crippen LogP contribution in [0, 0.1) is 0 Å². The second-order valence-electron chi connectivity index (χ2n) is 2.84. The first-order valence-corrected chi connectivity index (χ1v) is 3.35. The molecule has 0 amide bonds. The van der Waals surface area contributed by atoms with Crippen molar-refractivity contribution in [2.24, 2.45) is 0 Å². The second-order valence-corrected chi connectivity index (χ2v) is 2.84. The van der Waals surface area contributed by atoms with Gasteiger partial charge in [-0.3, -0.25) is 0 Å². The largest absolute Gasteiger partial charge is 0.506 e. The summed E-state index contributed by atoms with van der Waals surface area (Å²) in [5.41, 5.74) is 9.16. The van der Waals surface area contributed by atoms with Gasteiger partial charge in [0.1, 0.15) is 12.1 Å². The zero-order chi connectivity index (χ0) is 5.56. The average Bonchev–Trinajstić information content (AvgIpc) is 2.29. The van der Waals surface area contributed by atoms with Gasteiger partial charge in [0.25, 0.3) is 0 Å². The summed E-state index contributed by atoms with van der Waals surface area (Å²) in [5.74, 6) is 0. The molecular formula is C6H10N2. The monoisotopic (exact) mass is 110 g/mol. The Morgan fingerprint density at radius 1 is 1.00 bits per heavy atom. The maximum atomic E-state index is 9.16. The molecule has 2 aliphatic heterocycles. The second kappa shape index (κ2) is 1.30. The molecule has 2 heteroatoms. The Morgan fingerprint density at radius 2 is 1.38 bits per heavy atom. The highest BCUT2D eigenvalue weighted by Gasteiger charge is 2.39. The molecule has 2 saturated heterocycles. The van der Waals surface area contributed by atoms with Gasteiger partial charge in [-0.05, 0) is 0 Å². The fourth-order valence-electron chi connectivity index (χ4n) is 1.89. The van der Waals surface area contributed by atoms with Crippen molar-refractivity contribution in [1.29, 1.82) is 0 Å². The van der Waals surface area contributed by atoms with Crippen LogP contribution in [0.3, 0.4) is 0 Å². The van der Waals surface area contributed by atoms with Crippen LogP contribution in [0.4, 0.5) is 0 Å². The van der Waals surface area contributed by atoms with Crippen LogP contribution in [0.1, 0.15) is 25.7 Å². The van der Waals surface area contributed by atoms with Gasteiger partial charge in [0.15, 0.2) is 0 Å². The number of fused-ring (bicyclic) bond motifs is 2. The van der Waals surface area contributed by atoms with E-state index in [0.29, 0.717) is 12.1 Å². The molecule has 8 heavy (non-hydrogen) atoms. The summed E-state index contributed by atoms with van der Waals surface area (Å²) in [4.78, 5) is 0. The quantitative estimate of drug-likeness (QED) is 0.420. The Hall–Kier alpha value is -0.400. The third-order valence-corrected chi connectivity index (χ3v) is 2.41.